The van der Waals surface area contributed by atoms with Gasteiger partial charge in [0.05, 0.1) is 12.8 Å². The van der Waals surface area contributed by atoms with Crippen LogP contribution in [0.25, 0.3) is 0 Å². The third-order valence-corrected chi connectivity index (χ3v) is 2.21. The van der Waals surface area contributed by atoms with Crippen LogP contribution in [0.5, 0.6) is 0 Å². The van der Waals surface area contributed by atoms with Crippen molar-refractivity contribution in [2.45, 2.75) is 0 Å². The zero-order valence-electron chi connectivity index (χ0n) is 7.89. The first-order valence-electron chi connectivity index (χ1n) is 4.49. The molecular formula is C10H9ClN2O2. The summed E-state index contributed by atoms with van der Waals surface area (Å²) in [6, 6.07) is 7.19. The van der Waals surface area contributed by atoms with Gasteiger partial charge in [0.2, 0.25) is 0 Å². The molecule has 0 atom stereocenters. The first-order chi connectivity index (χ1) is 7.25. The molecule has 1 aliphatic heterocycles. The minimum atomic E-state index is -0.403. The quantitative estimate of drug-likeness (QED) is 0.723. The molecular weight excluding hydrogens is 216 g/mol. The van der Waals surface area contributed by atoms with Crippen LogP contribution in [0.3, 0.4) is 0 Å². The van der Waals surface area contributed by atoms with Crippen molar-refractivity contribution >= 4 is 23.9 Å². The summed E-state index contributed by atoms with van der Waals surface area (Å²) >= 11 is 5.73. The molecule has 2 rings (SSSR count). The van der Waals surface area contributed by atoms with Gasteiger partial charge in [0.25, 0.3) is 0 Å². The van der Waals surface area contributed by atoms with E-state index in [2.05, 4.69) is 5.10 Å². The van der Waals surface area contributed by atoms with Gasteiger partial charge in [-0.3, -0.25) is 0 Å². The number of rotatable bonds is 2. The van der Waals surface area contributed by atoms with Crippen LogP contribution in [0, 0.1) is 0 Å². The second-order valence-electron chi connectivity index (χ2n) is 3.03. The summed E-state index contributed by atoms with van der Waals surface area (Å²) in [4.78, 5) is 11.0. The molecule has 4 nitrogen and oxygen atoms in total. The van der Waals surface area contributed by atoms with Gasteiger partial charge in [0.15, 0.2) is 0 Å². The van der Waals surface area contributed by atoms with Gasteiger partial charge in [-0.15, -0.1) is 0 Å². The lowest BCUT2D eigenvalue weighted by Crippen LogP contribution is -2.17. The lowest BCUT2D eigenvalue weighted by atomic mass is 10.2. The Morgan fingerprint density at radius 3 is 2.73 bits per heavy atom. The fourth-order valence-corrected chi connectivity index (χ4v) is 1.30. The van der Waals surface area contributed by atoms with Crippen molar-refractivity contribution in [1.29, 1.82) is 0 Å². The van der Waals surface area contributed by atoms with Gasteiger partial charge in [-0.05, 0) is 17.7 Å². The van der Waals surface area contributed by atoms with Gasteiger partial charge in [-0.2, -0.15) is 10.1 Å². The van der Waals surface area contributed by atoms with E-state index < -0.39 is 6.09 Å². The predicted octanol–water partition coefficient (Wildman–Crippen LogP) is 2.13. The molecule has 1 aliphatic rings. The standard InChI is InChI=1S/C10H9ClN2O2/c11-9-3-1-8(2-4-9)7-12-13-5-6-15-10(13)14/h1-4,7H,5-6H2/b12-7+. The minimum absolute atomic E-state index is 0.400. The SMILES string of the molecule is O=C1OCCN1/N=C/c1ccc(Cl)cc1. The Morgan fingerprint density at radius 1 is 1.40 bits per heavy atom. The molecule has 0 aliphatic carbocycles. The smallest absolute Gasteiger partial charge is 0.430 e. The van der Waals surface area contributed by atoms with E-state index >= 15 is 0 Å². The van der Waals surface area contributed by atoms with E-state index in [1.165, 1.54) is 5.01 Å². The van der Waals surface area contributed by atoms with Gasteiger partial charge in [0, 0.05) is 5.02 Å². The molecule has 0 aromatic heterocycles. The van der Waals surface area contributed by atoms with Crippen molar-refractivity contribution in [1.82, 2.24) is 5.01 Å². The van der Waals surface area contributed by atoms with E-state index in [9.17, 15) is 4.79 Å². The Morgan fingerprint density at radius 2 is 2.13 bits per heavy atom. The van der Waals surface area contributed by atoms with Gasteiger partial charge in [0.1, 0.15) is 6.61 Å². The number of hydrogen-bond donors (Lipinski definition) is 0. The van der Waals surface area contributed by atoms with Crippen LogP contribution in [0.4, 0.5) is 4.79 Å². The fourth-order valence-electron chi connectivity index (χ4n) is 1.18. The molecule has 0 bridgehead atoms. The number of carbonyl (C=O) groups is 1. The number of benzene rings is 1. The maximum absolute atomic E-state index is 11.0. The third-order valence-electron chi connectivity index (χ3n) is 1.96. The molecule has 1 aromatic rings. The Balaban J connectivity index is 2.04. The zero-order valence-corrected chi connectivity index (χ0v) is 8.65. The number of ether oxygens (including phenoxy) is 1. The van der Waals surface area contributed by atoms with Crippen LogP contribution in [-0.4, -0.2) is 30.5 Å². The number of nitrogens with zero attached hydrogens (tertiary/aromatic N) is 2. The molecule has 1 amide bonds. The van der Waals surface area contributed by atoms with Crippen molar-refractivity contribution in [3.05, 3.63) is 34.9 Å². The predicted molar refractivity (Wildman–Crippen MR) is 57.1 cm³/mol. The van der Waals surface area contributed by atoms with Crippen LogP contribution in [0.15, 0.2) is 29.4 Å². The molecule has 1 aromatic carbocycles. The Hall–Kier alpha value is -1.55. The third kappa shape index (κ3) is 2.47. The molecule has 15 heavy (non-hydrogen) atoms. The summed E-state index contributed by atoms with van der Waals surface area (Å²) in [5, 5.41) is 5.95. The van der Waals surface area contributed by atoms with Gasteiger partial charge in [-0.25, -0.2) is 4.79 Å². The highest BCUT2D eigenvalue weighted by atomic mass is 35.5. The van der Waals surface area contributed by atoms with E-state index in [1.54, 1.807) is 18.3 Å². The summed E-state index contributed by atoms with van der Waals surface area (Å²) in [5.41, 5.74) is 0.888. The molecule has 0 unspecified atom stereocenters. The molecule has 0 spiro atoms. The van der Waals surface area contributed by atoms with Crippen LogP contribution in [-0.2, 0) is 4.74 Å². The van der Waals surface area contributed by atoms with E-state index in [1.807, 2.05) is 12.1 Å². The molecule has 1 heterocycles. The van der Waals surface area contributed by atoms with Crippen LogP contribution in [0.2, 0.25) is 5.02 Å². The molecule has 78 valence electrons. The normalized spacial score (nSPS) is 16.1. The summed E-state index contributed by atoms with van der Waals surface area (Å²) < 4.78 is 4.73. The highest BCUT2D eigenvalue weighted by Crippen LogP contribution is 2.09. The first kappa shape index (κ1) is 9.98. The number of cyclic esters (lactones) is 1. The number of hydrogen-bond acceptors (Lipinski definition) is 3. The van der Waals surface area contributed by atoms with E-state index in [0.717, 1.165) is 5.56 Å². The van der Waals surface area contributed by atoms with Gasteiger partial charge < -0.3 is 4.74 Å². The fraction of sp³-hybridized carbons (Fsp3) is 0.200. The lowest BCUT2D eigenvalue weighted by molar-refractivity contribution is 0.159. The summed E-state index contributed by atoms with van der Waals surface area (Å²) in [5.74, 6) is 0. The molecule has 5 heteroatoms. The Bertz CT molecular complexity index is 389. The van der Waals surface area contributed by atoms with Crippen LogP contribution >= 0.6 is 11.6 Å². The lowest BCUT2D eigenvalue weighted by Gasteiger charge is -2.03. The van der Waals surface area contributed by atoms with E-state index in [-0.39, 0.29) is 0 Å². The maximum atomic E-state index is 11.0. The largest absolute Gasteiger partial charge is 0.446 e. The average molecular weight is 225 g/mol. The number of hydrazone groups is 1. The van der Waals surface area contributed by atoms with Gasteiger partial charge >= 0.3 is 6.09 Å². The number of halogens is 1. The molecule has 1 saturated heterocycles. The second kappa shape index (κ2) is 4.31. The molecule has 0 saturated carbocycles. The highest BCUT2D eigenvalue weighted by molar-refractivity contribution is 6.30. The van der Waals surface area contributed by atoms with Crippen molar-refractivity contribution in [3.8, 4) is 0 Å². The average Bonchev–Trinajstić information content (AvgIpc) is 2.63. The van der Waals surface area contributed by atoms with Crippen molar-refractivity contribution < 1.29 is 9.53 Å². The van der Waals surface area contributed by atoms with E-state index in [0.29, 0.717) is 18.2 Å². The van der Waals surface area contributed by atoms with E-state index in [4.69, 9.17) is 16.3 Å². The second-order valence-corrected chi connectivity index (χ2v) is 3.47. The summed E-state index contributed by atoms with van der Waals surface area (Å²) in [6.45, 7) is 0.902. The monoisotopic (exact) mass is 224 g/mol. The van der Waals surface area contributed by atoms with Crippen molar-refractivity contribution in [2.24, 2.45) is 5.10 Å². The summed E-state index contributed by atoms with van der Waals surface area (Å²) in [6.07, 6.45) is 1.20. The molecule has 0 N–H and O–H groups in total. The Labute approximate surface area is 92.1 Å². The maximum Gasteiger partial charge on any atom is 0.430 e. The van der Waals surface area contributed by atoms with Crippen LogP contribution in [0.1, 0.15) is 5.56 Å². The molecule has 0 radical (unpaired) electrons. The topological polar surface area (TPSA) is 41.9 Å². The number of carbonyl (C=O) groups excluding carboxylic acids is 1. The number of amides is 1. The first-order valence-corrected chi connectivity index (χ1v) is 4.87. The summed E-state index contributed by atoms with van der Waals surface area (Å²) in [7, 11) is 0. The van der Waals surface area contributed by atoms with Gasteiger partial charge in [-0.1, -0.05) is 23.7 Å². The zero-order chi connectivity index (χ0) is 10.7. The van der Waals surface area contributed by atoms with Crippen molar-refractivity contribution in [3.63, 3.8) is 0 Å². The van der Waals surface area contributed by atoms with Crippen LogP contribution < -0.4 is 0 Å². The Kier molecular flexibility index (Phi) is 2.87. The minimum Gasteiger partial charge on any atom is -0.446 e. The highest BCUT2D eigenvalue weighted by Gasteiger charge is 2.20. The van der Waals surface area contributed by atoms with Crippen molar-refractivity contribution in [2.75, 3.05) is 13.2 Å². The molecule has 1 fully saturated rings.